The standard InChI is InChI=1S/C17H34N4O2/c1-8-11-19-15(18-9-2)20-12-10-13-21(14(3)4)16(22)23-17(5,6)7/h8,14H,1,9-13H2,2-7H3,(H2,18,19,20). The van der Waals surface area contributed by atoms with Crippen molar-refractivity contribution < 1.29 is 9.53 Å². The quantitative estimate of drug-likeness (QED) is 0.311. The van der Waals surface area contributed by atoms with Gasteiger partial charge in [-0.2, -0.15) is 0 Å². The summed E-state index contributed by atoms with van der Waals surface area (Å²) in [5.41, 5.74) is -0.477. The van der Waals surface area contributed by atoms with Gasteiger partial charge in [-0.3, -0.25) is 4.99 Å². The molecule has 0 rings (SSSR count). The third kappa shape index (κ3) is 10.6. The van der Waals surface area contributed by atoms with Gasteiger partial charge in [-0.1, -0.05) is 6.08 Å². The molecule has 0 heterocycles. The lowest BCUT2D eigenvalue weighted by molar-refractivity contribution is 0.0190. The van der Waals surface area contributed by atoms with Gasteiger partial charge in [-0.05, 0) is 48.0 Å². The minimum absolute atomic E-state index is 0.0981. The molecule has 0 saturated carbocycles. The third-order valence-corrected chi connectivity index (χ3v) is 2.84. The number of hydrogen-bond acceptors (Lipinski definition) is 3. The Morgan fingerprint density at radius 2 is 2.00 bits per heavy atom. The first kappa shape index (κ1) is 21.3. The molecule has 0 bridgehead atoms. The lowest BCUT2D eigenvalue weighted by Gasteiger charge is -2.30. The summed E-state index contributed by atoms with van der Waals surface area (Å²) in [5.74, 6) is 0.765. The third-order valence-electron chi connectivity index (χ3n) is 2.84. The van der Waals surface area contributed by atoms with E-state index in [4.69, 9.17) is 4.74 Å². The largest absolute Gasteiger partial charge is 0.444 e. The molecule has 0 spiro atoms. The van der Waals surface area contributed by atoms with Crippen molar-refractivity contribution >= 4 is 12.1 Å². The fraction of sp³-hybridized carbons (Fsp3) is 0.765. The molecule has 0 saturated heterocycles. The van der Waals surface area contributed by atoms with Gasteiger partial charge in [-0.15, -0.1) is 6.58 Å². The number of amides is 1. The van der Waals surface area contributed by atoms with Gasteiger partial charge in [0.15, 0.2) is 5.96 Å². The van der Waals surface area contributed by atoms with Gasteiger partial charge < -0.3 is 20.3 Å². The highest BCUT2D eigenvalue weighted by atomic mass is 16.6. The Bertz CT molecular complexity index is 387. The smallest absolute Gasteiger partial charge is 0.410 e. The van der Waals surface area contributed by atoms with E-state index in [1.807, 2.05) is 41.5 Å². The van der Waals surface area contributed by atoms with Crippen molar-refractivity contribution in [1.29, 1.82) is 0 Å². The zero-order valence-electron chi connectivity index (χ0n) is 15.6. The molecule has 0 aromatic carbocycles. The highest BCUT2D eigenvalue weighted by Crippen LogP contribution is 2.12. The summed E-state index contributed by atoms with van der Waals surface area (Å²) in [7, 11) is 0. The van der Waals surface area contributed by atoms with Gasteiger partial charge in [0, 0.05) is 32.2 Å². The normalized spacial score (nSPS) is 12.0. The predicted octanol–water partition coefficient (Wildman–Crippen LogP) is 2.76. The molecule has 0 unspecified atom stereocenters. The van der Waals surface area contributed by atoms with Gasteiger partial charge in [0.1, 0.15) is 5.60 Å². The number of guanidine groups is 1. The van der Waals surface area contributed by atoms with Crippen LogP contribution in [0.5, 0.6) is 0 Å². The van der Waals surface area contributed by atoms with E-state index in [2.05, 4.69) is 22.2 Å². The van der Waals surface area contributed by atoms with Crippen molar-refractivity contribution in [1.82, 2.24) is 15.5 Å². The van der Waals surface area contributed by atoms with E-state index in [1.165, 1.54) is 0 Å². The van der Waals surface area contributed by atoms with Crippen molar-refractivity contribution in [3.05, 3.63) is 12.7 Å². The number of aliphatic imine (C=N–C) groups is 1. The Morgan fingerprint density at radius 1 is 1.35 bits per heavy atom. The first-order chi connectivity index (χ1) is 10.7. The van der Waals surface area contributed by atoms with Crippen LogP contribution >= 0.6 is 0 Å². The van der Waals surface area contributed by atoms with Crippen molar-refractivity contribution in [2.75, 3.05) is 26.2 Å². The Hall–Kier alpha value is -1.72. The van der Waals surface area contributed by atoms with Crippen LogP contribution in [-0.4, -0.2) is 54.8 Å². The van der Waals surface area contributed by atoms with E-state index in [0.717, 1.165) is 18.9 Å². The first-order valence-corrected chi connectivity index (χ1v) is 8.34. The monoisotopic (exact) mass is 326 g/mol. The topological polar surface area (TPSA) is 66.0 Å². The molecular formula is C17H34N4O2. The van der Waals surface area contributed by atoms with Crippen LogP contribution < -0.4 is 10.6 Å². The van der Waals surface area contributed by atoms with Crippen LogP contribution in [0.2, 0.25) is 0 Å². The van der Waals surface area contributed by atoms with Crippen molar-refractivity contribution in [3.8, 4) is 0 Å². The molecule has 23 heavy (non-hydrogen) atoms. The summed E-state index contributed by atoms with van der Waals surface area (Å²) in [4.78, 5) is 18.4. The van der Waals surface area contributed by atoms with Gasteiger partial charge >= 0.3 is 6.09 Å². The van der Waals surface area contributed by atoms with Gasteiger partial charge in [-0.25, -0.2) is 4.79 Å². The zero-order chi connectivity index (χ0) is 17.9. The van der Waals surface area contributed by atoms with E-state index >= 15 is 0 Å². The fourth-order valence-corrected chi connectivity index (χ4v) is 1.82. The molecule has 0 aliphatic carbocycles. The van der Waals surface area contributed by atoms with Gasteiger partial charge in [0.25, 0.3) is 0 Å². The SMILES string of the molecule is C=CCNC(=NCCCN(C(=O)OC(C)(C)C)C(C)C)NCC. The zero-order valence-corrected chi connectivity index (χ0v) is 15.6. The molecule has 0 aliphatic heterocycles. The van der Waals surface area contributed by atoms with Crippen LogP contribution in [0.3, 0.4) is 0 Å². The molecule has 0 aliphatic rings. The van der Waals surface area contributed by atoms with Gasteiger partial charge in [0.05, 0.1) is 0 Å². The molecule has 0 aromatic rings. The van der Waals surface area contributed by atoms with E-state index in [1.54, 1.807) is 11.0 Å². The lowest BCUT2D eigenvalue weighted by Crippen LogP contribution is -2.41. The second-order valence-corrected chi connectivity index (χ2v) is 6.55. The average Bonchev–Trinajstić information content (AvgIpc) is 2.41. The maximum atomic E-state index is 12.2. The molecular weight excluding hydrogens is 292 g/mol. The number of carbonyl (C=O) groups is 1. The predicted molar refractivity (Wildman–Crippen MR) is 96.9 cm³/mol. The van der Waals surface area contributed by atoms with E-state index in [-0.39, 0.29) is 12.1 Å². The Labute approximate surface area is 141 Å². The highest BCUT2D eigenvalue weighted by Gasteiger charge is 2.23. The second-order valence-electron chi connectivity index (χ2n) is 6.55. The number of hydrogen-bond donors (Lipinski definition) is 2. The number of nitrogens with one attached hydrogen (secondary N) is 2. The van der Waals surface area contributed by atoms with Crippen molar-refractivity contribution in [2.45, 2.75) is 59.6 Å². The Kier molecular flexibility index (Phi) is 10.1. The summed E-state index contributed by atoms with van der Waals surface area (Å²) in [6, 6.07) is 0.0981. The van der Waals surface area contributed by atoms with E-state index < -0.39 is 5.60 Å². The Balaban J connectivity index is 4.46. The molecule has 0 aromatic heterocycles. The molecule has 6 nitrogen and oxygen atoms in total. The van der Waals surface area contributed by atoms with Gasteiger partial charge in [0.2, 0.25) is 0 Å². The molecule has 2 N–H and O–H groups in total. The van der Waals surface area contributed by atoms with Crippen LogP contribution in [0.1, 0.15) is 48.0 Å². The molecule has 0 radical (unpaired) electrons. The van der Waals surface area contributed by atoms with E-state index in [0.29, 0.717) is 19.6 Å². The molecule has 6 heteroatoms. The summed E-state index contributed by atoms with van der Waals surface area (Å²) >= 11 is 0. The molecule has 0 fully saturated rings. The van der Waals surface area contributed by atoms with E-state index in [9.17, 15) is 4.79 Å². The molecule has 1 amide bonds. The van der Waals surface area contributed by atoms with Crippen LogP contribution in [0.15, 0.2) is 17.6 Å². The first-order valence-electron chi connectivity index (χ1n) is 8.34. The minimum Gasteiger partial charge on any atom is -0.444 e. The van der Waals surface area contributed by atoms with Crippen molar-refractivity contribution in [2.24, 2.45) is 4.99 Å². The highest BCUT2D eigenvalue weighted by molar-refractivity contribution is 5.79. The number of ether oxygens (including phenoxy) is 1. The van der Waals surface area contributed by atoms with Crippen LogP contribution in [0.4, 0.5) is 4.79 Å². The maximum absolute atomic E-state index is 12.2. The molecule has 134 valence electrons. The molecule has 0 atom stereocenters. The van der Waals surface area contributed by atoms with Crippen molar-refractivity contribution in [3.63, 3.8) is 0 Å². The van der Waals surface area contributed by atoms with Crippen LogP contribution in [0, 0.1) is 0 Å². The second kappa shape index (κ2) is 10.9. The van der Waals surface area contributed by atoms with Crippen LogP contribution in [0.25, 0.3) is 0 Å². The fourth-order valence-electron chi connectivity index (χ4n) is 1.82. The summed E-state index contributed by atoms with van der Waals surface area (Å²) in [5, 5.41) is 6.32. The maximum Gasteiger partial charge on any atom is 0.410 e. The minimum atomic E-state index is -0.477. The summed E-state index contributed by atoms with van der Waals surface area (Å²) in [6.07, 6.45) is 2.30. The number of rotatable bonds is 8. The number of carbonyl (C=O) groups excluding carboxylic acids is 1. The van der Waals surface area contributed by atoms with Crippen LogP contribution in [-0.2, 0) is 4.74 Å². The summed E-state index contributed by atoms with van der Waals surface area (Å²) in [6.45, 7) is 18.0. The summed E-state index contributed by atoms with van der Waals surface area (Å²) < 4.78 is 5.45. The Morgan fingerprint density at radius 3 is 2.48 bits per heavy atom. The number of nitrogens with zero attached hydrogens (tertiary/aromatic N) is 2. The average molecular weight is 326 g/mol. The lowest BCUT2D eigenvalue weighted by atomic mass is 10.2.